The molecule has 1 N–H and O–H groups in total. The molecule has 1 unspecified atom stereocenters. The van der Waals surface area contributed by atoms with E-state index >= 15 is 0 Å². The fourth-order valence-electron chi connectivity index (χ4n) is 2.29. The number of hydrogen-bond donors (Lipinski definition) is 1. The van der Waals surface area contributed by atoms with Crippen molar-refractivity contribution < 1.29 is 18.5 Å². The molecule has 0 fully saturated rings. The Morgan fingerprint density at radius 1 is 1.41 bits per heavy atom. The number of hydrogen-bond acceptors (Lipinski definition) is 5. The average molecular weight is 322 g/mol. The summed E-state index contributed by atoms with van der Waals surface area (Å²) in [5, 5.41) is 13.3. The number of furan rings is 1. The third kappa shape index (κ3) is 2.82. The topological polar surface area (TPSA) is 85.4 Å². The zero-order valence-electron chi connectivity index (χ0n) is 11.2. The van der Waals surface area contributed by atoms with E-state index in [2.05, 4.69) is 5.32 Å². The Hall–Kier alpha value is -2.35. The number of benzene rings is 1. The van der Waals surface area contributed by atoms with Gasteiger partial charge in [0, 0.05) is 10.6 Å². The van der Waals surface area contributed by atoms with Gasteiger partial charge in [-0.25, -0.2) is 4.39 Å². The van der Waals surface area contributed by atoms with Crippen LogP contribution < -0.4 is 5.32 Å². The maximum absolute atomic E-state index is 13.4. The second kappa shape index (κ2) is 5.80. The van der Waals surface area contributed by atoms with Gasteiger partial charge in [-0.3, -0.25) is 14.9 Å². The van der Waals surface area contributed by atoms with E-state index in [1.807, 2.05) is 0 Å². The van der Waals surface area contributed by atoms with Crippen LogP contribution in [-0.2, 0) is 0 Å². The Balaban J connectivity index is 1.80. The summed E-state index contributed by atoms with van der Waals surface area (Å²) >= 11 is 1.60. The predicted octanol–water partition coefficient (Wildman–Crippen LogP) is 3.29. The lowest BCUT2D eigenvalue weighted by atomic mass is 10.0. The molecule has 0 aliphatic carbocycles. The Bertz CT molecular complexity index is 746. The van der Waals surface area contributed by atoms with E-state index in [0.717, 1.165) is 16.7 Å². The lowest BCUT2D eigenvalue weighted by molar-refractivity contribution is -0.402. The number of thioether (sulfide) groups is 1. The zero-order chi connectivity index (χ0) is 15.7. The summed E-state index contributed by atoms with van der Waals surface area (Å²) in [6.07, 6.45) is 0.648. The molecule has 3 rings (SSSR count). The van der Waals surface area contributed by atoms with Crippen molar-refractivity contribution >= 4 is 23.6 Å². The van der Waals surface area contributed by atoms with Gasteiger partial charge in [0.05, 0.1) is 12.1 Å². The third-order valence-corrected chi connectivity index (χ3v) is 4.43. The molecule has 2 heterocycles. The maximum atomic E-state index is 13.4. The molecular formula is C14H11FN2O4S. The van der Waals surface area contributed by atoms with E-state index in [0.29, 0.717) is 12.0 Å². The quantitative estimate of drug-likeness (QED) is 0.692. The molecule has 1 aliphatic heterocycles. The first-order valence-corrected chi connectivity index (χ1v) is 7.50. The number of nitro groups is 1. The lowest BCUT2D eigenvalue weighted by Gasteiger charge is -2.25. The number of nitrogens with one attached hydrogen (secondary N) is 1. The highest BCUT2D eigenvalue weighted by Gasteiger charge is 2.25. The molecule has 0 spiro atoms. The van der Waals surface area contributed by atoms with Crippen molar-refractivity contribution in [3.8, 4) is 0 Å². The number of nitrogens with zero attached hydrogens (tertiary/aromatic N) is 1. The van der Waals surface area contributed by atoms with Crippen molar-refractivity contribution in [2.24, 2.45) is 0 Å². The minimum Gasteiger partial charge on any atom is -0.395 e. The molecule has 0 radical (unpaired) electrons. The predicted molar refractivity (Wildman–Crippen MR) is 77.3 cm³/mol. The number of amides is 1. The van der Waals surface area contributed by atoms with Gasteiger partial charge >= 0.3 is 5.88 Å². The van der Waals surface area contributed by atoms with Crippen LogP contribution in [0.15, 0.2) is 39.6 Å². The van der Waals surface area contributed by atoms with Crippen molar-refractivity contribution in [2.45, 2.75) is 17.4 Å². The standard InChI is InChI=1S/C14H11FN2O4S/c15-8-1-3-12-9(7-8)10(5-6-22-12)16-14(18)11-2-4-13(21-11)17(19)20/h1-4,7,10H,5-6H2,(H,16,18). The zero-order valence-corrected chi connectivity index (χ0v) is 12.1. The average Bonchev–Trinajstić information content (AvgIpc) is 2.98. The van der Waals surface area contributed by atoms with E-state index in [-0.39, 0.29) is 17.6 Å². The van der Waals surface area contributed by atoms with Crippen LogP contribution in [-0.4, -0.2) is 16.6 Å². The molecule has 114 valence electrons. The summed E-state index contributed by atoms with van der Waals surface area (Å²) in [5.41, 5.74) is 0.714. The first-order chi connectivity index (χ1) is 10.5. The first-order valence-electron chi connectivity index (χ1n) is 6.52. The summed E-state index contributed by atoms with van der Waals surface area (Å²) < 4.78 is 18.3. The minimum atomic E-state index is -0.710. The van der Waals surface area contributed by atoms with Gasteiger partial charge in [0.1, 0.15) is 10.7 Å². The fraction of sp³-hybridized carbons (Fsp3) is 0.214. The van der Waals surface area contributed by atoms with Crippen LogP contribution in [0, 0.1) is 15.9 Å². The molecule has 2 aromatic rings. The van der Waals surface area contributed by atoms with Crippen LogP contribution in [0.3, 0.4) is 0 Å². The molecule has 1 amide bonds. The van der Waals surface area contributed by atoms with Crippen molar-refractivity contribution in [1.29, 1.82) is 0 Å². The molecule has 0 saturated heterocycles. The lowest BCUT2D eigenvalue weighted by Crippen LogP contribution is -2.30. The first kappa shape index (κ1) is 14.6. The van der Waals surface area contributed by atoms with Crippen LogP contribution in [0.2, 0.25) is 0 Å². The fourth-order valence-corrected chi connectivity index (χ4v) is 3.40. The molecule has 6 nitrogen and oxygen atoms in total. The van der Waals surface area contributed by atoms with Gasteiger partial charge in [-0.05, 0) is 36.2 Å². The number of carbonyl (C=O) groups excluding carboxylic acids is 1. The molecule has 1 aromatic carbocycles. The highest BCUT2D eigenvalue weighted by Crippen LogP contribution is 2.36. The van der Waals surface area contributed by atoms with Crippen molar-refractivity contribution in [1.82, 2.24) is 5.32 Å². The molecule has 0 bridgehead atoms. The molecular weight excluding hydrogens is 311 g/mol. The van der Waals surface area contributed by atoms with Gasteiger partial charge < -0.3 is 9.73 Å². The molecule has 22 heavy (non-hydrogen) atoms. The van der Waals surface area contributed by atoms with Gasteiger partial charge in [-0.15, -0.1) is 11.8 Å². The van der Waals surface area contributed by atoms with E-state index in [1.54, 1.807) is 17.8 Å². The summed E-state index contributed by atoms with van der Waals surface area (Å²) in [6, 6.07) is 6.49. The van der Waals surface area contributed by atoms with Crippen molar-refractivity contribution in [3.63, 3.8) is 0 Å². The second-order valence-corrected chi connectivity index (χ2v) is 5.88. The summed E-state index contributed by atoms with van der Waals surface area (Å²) in [6.45, 7) is 0. The van der Waals surface area contributed by atoms with Gasteiger partial charge in [-0.1, -0.05) is 0 Å². The van der Waals surface area contributed by atoms with Gasteiger partial charge in [0.25, 0.3) is 5.91 Å². The smallest absolute Gasteiger partial charge is 0.395 e. The summed E-state index contributed by atoms with van der Waals surface area (Å²) in [7, 11) is 0. The van der Waals surface area contributed by atoms with Crippen LogP contribution in [0.4, 0.5) is 10.3 Å². The SMILES string of the molecule is O=C(NC1CCSc2ccc(F)cc21)c1ccc([N+](=O)[O-])o1. The summed E-state index contributed by atoms with van der Waals surface area (Å²) in [5.74, 6) is -0.755. The van der Waals surface area contributed by atoms with E-state index in [1.165, 1.54) is 18.2 Å². The number of carbonyl (C=O) groups is 1. The van der Waals surface area contributed by atoms with Crippen molar-refractivity contribution in [3.05, 3.63) is 57.6 Å². The highest BCUT2D eigenvalue weighted by molar-refractivity contribution is 7.99. The Morgan fingerprint density at radius 3 is 2.95 bits per heavy atom. The Kier molecular flexibility index (Phi) is 3.84. The highest BCUT2D eigenvalue weighted by atomic mass is 32.2. The summed E-state index contributed by atoms with van der Waals surface area (Å²) in [4.78, 5) is 22.9. The molecule has 1 aromatic heterocycles. The van der Waals surface area contributed by atoms with Crippen LogP contribution in [0.1, 0.15) is 28.6 Å². The number of fused-ring (bicyclic) bond motifs is 1. The number of halogens is 1. The molecule has 1 atom stereocenters. The van der Waals surface area contributed by atoms with Gasteiger partial charge in [-0.2, -0.15) is 0 Å². The van der Waals surface area contributed by atoms with Crippen LogP contribution in [0.5, 0.6) is 0 Å². The van der Waals surface area contributed by atoms with E-state index in [9.17, 15) is 19.3 Å². The molecule has 1 aliphatic rings. The Morgan fingerprint density at radius 2 is 2.23 bits per heavy atom. The largest absolute Gasteiger partial charge is 0.433 e. The third-order valence-electron chi connectivity index (χ3n) is 3.31. The van der Waals surface area contributed by atoms with Gasteiger partial charge in [0.15, 0.2) is 5.76 Å². The van der Waals surface area contributed by atoms with Gasteiger partial charge in [0.2, 0.25) is 0 Å². The monoisotopic (exact) mass is 322 g/mol. The van der Waals surface area contributed by atoms with E-state index in [4.69, 9.17) is 4.42 Å². The number of rotatable bonds is 3. The van der Waals surface area contributed by atoms with Crippen LogP contribution >= 0.6 is 11.8 Å². The van der Waals surface area contributed by atoms with Crippen LogP contribution in [0.25, 0.3) is 0 Å². The minimum absolute atomic E-state index is 0.136. The Labute approximate surface area is 128 Å². The van der Waals surface area contributed by atoms with Crippen molar-refractivity contribution in [2.75, 3.05) is 5.75 Å². The molecule has 0 saturated carbocycles. The second-order valence-electron chi connectivity index (χ2n) is 4.74. The molecule has 8 heteroatoms. The normalized spacial score (nSPS) is 16.9. The van der Waals surface area contributed by atoms with E-state index < -0.39 is 16.7 Å². The maximum Gasteiger partial charge on any atom is 0.433 e.